The largest absolute Gasteiger partial charge is 0.477 e. The van der Waals surface area contributed by atoms with E-state index in [1.54, 1.807) is 12.1 Å². The molecular weight excluding hydrogens is 206 g/mol. The highest BCUT2D eigenvalue weighted by molar-refractivity contribution is 5.90. The fourth-order valence-corrected chi connectivity index (χ4v) is 1.85. The van der Waals surface area contributed by atoms with Crippen LogP contribution in [0.2, 0.25) is 0 Å². The molecule has 0 radical (unpaired) electrons. The maximum Gasteiger partial charge on any atom is 0.341 e. The second kappa shape index (κ2) is 4.35. The molecule has 1 aromatic rings. The SMILES string of the molecule is C=CCOc1nc2c(cc1C(=O)O)CCC2. The van der Waals surface area contributed by atoms with Gasteiger partial charge < -0.3 is 9.84 Å². The summed E-state index contributed by atoms with van der Waals surface area (Å²) in [6.45, 7) is 3.79. The van der Waals surface area contributed by atoms with Crippen LogP contribution in [-0.4, -0.2) is 22.7 Å². The van der Waals surface area contributed by atoms with Crippen molar-refractivity contribution in [2.24, 2.45) is 0 Å². The van der Waals surface area contributed by atoms with Gasteiger partial charge in [0.05, 0.1) is 0 Å². The van der Waals surface area contributed by atoms with Gasteiger partial charge in [-0.1, -0.05) is 12.7 Å². The van der Waals surface area contributed by atoms with Crippen molar-refractivity contribution in [3.63, 3.8) is 0 Å². The van der Waals surface area contributed by atoms with Crippen molar-refractivity contribution in [2.75, 3.05) is 6.61 Å². The van der Waals surface area contributed by atoms with Crippen molar-refractivity contribution in [3.8, 4) is 5.88 Å². The summed E-state index contributed by atoms with van der Waals surface area (Å²) >= 11 is 0. The van der Waals surface area contributed by atoms with Gasteiger partial charge in [-0.2, -0.15) is 0 Å². The van der Waals surface area contributed by atoms with Crippen molar-refractivity contribution in [1.82, 2.24) is 4.98 Å². The van der Waals surface area contributed by atoms with E-state index in [0.29, 0.717) is 0 Å². The van der Waals surface area contributed by atoms with Gasteiger partial charge in [0.15, 0.2) is 0 Å². The van der Waals surface area contributed by atoms with E-state index < -0.39 is 5.97 Å². The molecule has 1 N–H and O–H groups in total. The summed E-state index contributed by atoms with van der Waals surface area (Å²) in [5.41, 5.74) is 2.13. The zero-order valence-corrected chi connectivity index (χ0v) is 8.90. The Balaban J connectivity index is 2.40. The highest BCUT2D eigenvalue weighted by Gasteiger charge is 2.20. The molecule has 4 nitrogen and oxygen atoms in total. The lowest BCUT2D eigenvalue weighted by molar-refractivity contribution is 0.0691. The number of carboxylic acids is 1. The summed E-state index contributed by atoms with van der Waals surface area (Å²) in [6.07, 6.45) is 4.41. The Bertz CT molecular complexity index is 440. The predicted molar refractivity (Wildman–Crippen MR) is 58.9 cm³/mol. The van der Waals surface area contributed by atoms with Gasteiger partial charge in [-0.3, -0.25) is 0 Å². The monoisotopic (exact) mass is 219 g/mol. The van der Waals surface area contributed by atoms with Crippen LogP contribution in [0.1, 0.15) is 28.0 Å². The molecule has 1 heterocycles. The quantitative estimate of drug-likeness (QED) is 0.785. The number of carbonyl (C=O) groups is 1. The maximum absolute atomic E-state index is 11.0. The lowest BCUT2D eigenvalue weighted by atomic mass is 10.1. The van der Waals surface area contributed by atoms with Crippen LogP contribution < -0.4 is 4.74 Å². The number of carboxylic acid groups (broad SMARTS) is 1. The van der Waals surface area contributed by atoms with E-state index >= 15 is 0 Å². The minimum atomic E-state index is -0.999. The van der Waals surface area contributed by atoms with E-state index in [4.69, 9.17) is 9.84 Å². The third kappa shape index (κ3) is 1.91. The number of aromatic carboxylic acids is 1. The first-order chi connectivity index (χ1) is 7.72. The van der Waals surface area contributed by atoms with Crippen LogP contribution in [-0.2, 0) is 12.8 Å². The molecule has 0 atom stereocenters. The van der Waals surface area contributed by atoms with Gasteiger partial charge in [-0.05, 0) is 30.9 Å². The lowest BCUT2D eigenvalue weighted by Gasteiger charge is -2.08. The molecule has 0 saturated carbocycles. The second-order valence-corrected chi connectivity index (χ2v) is 3.71. The van der Waals surface area contributed by atoms with E-state index in [0.717, 1.165) is 30.5 Å². The number of hydrogen-bond acceptors (Lipinski definition) is 3. The van der Waals surface area contributed by atoms with Crippen LogP contribution in [0.25, 0.3) is 0 Å². The molecule has 2 rings (SSSR count). The van der Waals surface area contributed by atoms with Gasteiger partial charge in [0.2, 0.25) is 5.88 Å². The smallest absolute Gasteiger partial charge is 0.341 e. The minimum absolute atomic E-state index is 0.141. The predicted octanol–water partition coefficient (Wildman–Crippen LogP) is 1.83. The van der Waals surface area contributed by atoms with Crippen LogP contribution in [0.15, 0.2) is 18.7 Å². The zero-order valence-electron chi connectivity index (χ0n) is 8.90. The number of aryl methyl sites for hydroxylation is 2. The molecule has 16 heavy (non-hydrogen) atoms. The average molecular weight is 219 g/mol. The average Bonchev–Trinajstić information content (AvgIpc) is 2.71. The summed E-state index contributed by atoms with van der Waals surface area (Å²) < 4.78 is 5.26. The second-order valence-electron chi connectivity index (χ2n) is 3.71. The Hall–Kier alpha value is -1.84. The third-order valence-corrected chi connectivity index (χ3v) is 2.58. The zero-order chi connectivity index (χ0) is 11.5. The van der Waals surface area contributed by atoms with Crippen LogP contribution in [0.5, 0.6) is 5.88 Å². The molecule has 0 bridgehead atoms. The lowest BCUT2D eigenvalue weighted by Crippen LogP contribution is -2.07. The molecule has 4 heteroatoms. The number of aromatic nitrogens is 1. The Morgan fingerprint density at radius 2 is 2.44 bits per heavy atom. The molecule has 0 aliphatic heterocycles. The number of hydrogen-bond donors (Lipinski definition) is 1. The molecule has 84 valence electrons. The standard InChI is InChI=1S/C12H13NO3/c1-2-6-16-11-9(12(14)15)7-8-4-3-5-10(8)13-11/h2,7H,1,3-6H2,(H,14,15). The van der Waals surface area contributed by atoms with Crippen LogP contribution >= 0.6 is 0 Å². The van der Waals surface area contributed by atoms with Gasteiger partial charge in [0.25, 0.3) is 0 Å². The summed E-state index contributed by atoms with van der Waals surface area (Å²) in [6, 6.07) is 1.68. The normalized spacial score (nSPS) is 13.2. The van der Waals surface area contributed by atoms with Crippen molar-refractivity contribution >= 4 is 5.97 Å². The van der Waals surface area contributed by atoms with Crippen molar-refractivity contribution in [3.05, 3.63) is 35.5 Å². The molecule has 0 aromatic carbocycles. The summed E-state index contributed by atoms with van der Waals surface area (Å²) in [5.74, 6) is -0.797. The van der Waals surface area contributed by atoms with Crippen molar-refractivity contribution in [2.45, 2.75) is 19.3 Å². The Labute approximate surface area is 93.6 Å². The van der Waals surface area contributed by atoms with E-state index in [-0.39, 0.29) is 18.1 Å². The van der Waals surface area contributed by atoms with E-state index in [1.807, 2.05) is 0 Å². The van der Waals surface area contributed by atoms with Crippen LogP contribution in [0, 0.1) is 0 Å². The molecular formula is C12H13NO3. The van der Waals surface area contributed by atoms with Crippen LogP contribution in [0.4, 0.5) is 0 Å². The molecule has 1 aromatic heterocycles. The van der Waals surface area contributed by atoms with E-state index in [1.165, 1.54) is 0 Å². The van der Waals surface area contributed by atoms with Crippen molar-refractivity contribution < 1.29 is 14.6 Å². The van der Waals surface area contributed by atoms with Gasteiger partial charge in [-0.15, -0.1) is 0 Å². The molecule has 0 unspecified atom stereocenters. The van der Waals surface area contributed by atoms with Gasteiger partial charge in [-0.25, -0.2) is 9.78 Å². The first kappa shape index (κ1) is 10.7. The van der Waals surface area contributed by atoms with Gasteiger partial charge in [0.1, 0.15) is 12.2 Å². The number of fused-ring (bicyclic) bond motifs is 1. The Kier molecular flexibility index (Phi) is 2.90. The van der Waals surface area contributed by atoms with E-state index in [2.05, 4.69) is 11.6 Å². The summed E-state index contributed by atoms with van der Waals surface area (Å²) in [5, 5.41) is 9.05. The molecule has 0 fully saturated rings. The van der Waals surface area contributed by atoms with E-state index in [9.17, 15) is 4.79 Å². The summed E-state index contributed by atoms with van der Waals surface area (Å²) in [7, 11) is 0. The number of nitrogens with zero attached hydrogens (tertiary/aromatic N) is 1. The number of pyridine rings is 1. The topological polar surface area (TPSA) is 59.4 Å². The minimum Gasteiger partial charge on any atom is -0.477 e. The number of rotatable bonds is 4. The van der Waals surface area contributed by atoms with Crippen LogP contribution in [0.3, 0.4) is 0 Å². The van der Waals surface area contributed by atoms with Gasteiger partial charge in [0, 0.05) is 5.69 Å². The Morgan fingerprint density at radius 3 is 3.12 bits per heavy atom. The first-order valence-electron chi connectivity index (χ1n) is 5.22. The molecule has 0 amide bonds. The van der Waals surface area contributed by atoms with Crippen molar-refractivity contribution in [1.29, 1.82) is 0 Å². The Morgan fingerprint density at radius 1 is 1.62 bits per heavy atom. The molecule has 0 spiro atoms. The first-order valence-corrected chi connectivity index (χ1v) is 5.22. The fourth-order valence-electron chi connectivity index (χ4n) is 1.85. The molecule has 1 aliphatic rings. The fraction of sp³-hybridized carbons (Fsp3) is 0.333. The third-order valence-electron chi connectivity index (χ3n) is 2.58. The maximum atomic E-state index is 11.0. The van der Waals surface area contributed by atoms with Gasteiger partial charge >= 0.3 is 5.97 Å². The highest BCUT2D eigenvalue weighted by atomic mass is 16.5. The number of ether oxygens (including phenoxy) is 1. The molecule has 1 aliphatic carbocycles. The molecule has 0 saturated heterocycles. The highest BCUT2D eigenvalue weighted by Crippen LogP contribution is 2.26. The summed E-state index contributed by atoms with van der Waals surface area (Å²) in [4.78, 5) is 15.3.